The van der Waals surface area contributed by atoms with Gasteiger partial charge in [-0.15, -0.1) is 0 Å². The van der Waals surface area contributed by atoms with Gasteiger partial charge in [-0.25, -0.2) is 0 Å². The van der Waals surface area contributed by atoms with Crippen molar-refractivity contribution in [2.75, 3.05) is 19.6 Å². The van der Waals surface area contributed by atoms with Crippen molar-refractivity contribution in [3.63, 3.8) is 0 Å². The maximum Gasteiger partial charge on any atom is 0.0861 e. The van der Waals surface area contributed by atoms with Crippen LogP contribution in [0.1, 0.15) is 73.1 Å². The van der Waals surface area contributed by atoms with Crippen molar-refractivity contribution in [1.82, 2.24) is 0 Å². The van der Waals surface area contributed by atoms with Gasteiger partial charge in [-0.2, -0.15) is 0 Å². The first-order chi connectivity index (χ1) is 7.96. The van der Waals surface area contributed by atoms with Gasteiger partial charge in [0.1, 0.15) is 0 Å². The summed E-state index contributed by atoms with van der Waals surface area (Å²) in [5.41, 5.74) is 0.597. The highest BCUT2D eigenvalue weighted by Gasteiger charge is 2.39. The van der Waals surface area contributed by atoms with Gasteiger partial charge in [0.05, 0.1) is 25.7 Å². The average Bonchev–Trinajstić information content (AvgIpc) is 2.29. The van der Waals surface area contributed by atoms with Gasteiger partial charge in [-0.05, 0) is 31.6 Å². The number of nitrogens with zero attached hydrogens (tertiary/aromatic N) is 1. The highest BCUT2D eigenvalue weighted by atomic mass is 15.4. The average molecular weight is 240 g/mol. The third-order valence-corrected chi connectivity index (χ3v) is 5.05. The lowest BCUT2D eigenvalue weighted by Gasteiger charge is -2.50. The van der Waals surface area contributed by atoms with Crippen LogP contribution in [0, 0.1) is 5.41 Å². The first kappa shape index (κ1) is 15.0. The van der Waals surface area contributed by atoms with Crippen molar-refractivity contribution < 1.29 is 4.48 Å². The fraction of sp³-hybridized carbons (Fsp3) is 1.00. The van der Waals surface area contributed by atoms with Crippen molar-refractivity contribution in [3.8, 4) is 0 Å². The molecular weight excluding hydrogens is 206 g/mol. The van der Waals surface area contributed by atoms with E-state index in [4.69, 9.17) is 0 Å². The summed E-state index contributed by atoms with van der Waals surface area (Å²) >= 11 is 0. The van der Waals surface area contributed by atoms with Gasteiger partial charge in [0, 0.05) is 12.8 Å². The first-order valence-corrected chi connectivity index (χ1v) is 7.81. The molecule has 0 radical (unpaired) electrons. The maximum absolute atomic E-state index is 2.50. The fourth-order valence-electron chi connectivity index (χ4n) is 3.39. The molecule has 0 saturated carbocycles. The van der Waals surface area contributed by atoms with Crippen LogP contribution in [0.5, 0.6) is 0 Å². The summed E-state index contributed by atoms with van der Waals surface area (Å²) in [6.07, 6.45) is 8.37. The molecule has 0 aromatic heterocycles. The van der Waals surface area contributed by atoms with E-state index in [-0.39, 0.29) is 0 Å². The summed E-state index contributed by atoms with van der Waals surface area (Å²) in [5, 5.41) is 0. The number of piperidine rings is 1. The van der Waals surface area contributed by atoms with Crippen molar-refractivity contribution in [2.24, 2.45) is 5.41 Å². The molecule has 1 heteroatoms. The largest absolute Gasteiger partial charge is 0.321 e. The second-order valence-corrected chi connectivity index (χ2v) is 7.04. The normalized spacial score (nSPS) is 24.5. The second kappa shape index (κ2) is 6.22. The number of hydrogen-bond donors (Lipinski definition) is 0. The molecule has 1 nitrogen and oxygen atoms in total. The fourth-order valence-corrected chi connectivity index (χ4v) is 3.39. The molecule has 102 valence electrons. The number of rotatable bonds is 6. The molecule has 1 saturated heterocycles. The van der Waals surface area contributed by atoms with Crippen molar-refractivity contribution >= 4 is 0 Å². The molecule has 0 spiro atoms. The molecule has 1 atom stereocenters. The van der Waals surface area contributed by atoms with Gasteiger partial charge in [-0.1, -0.05) is 34.1 Å². The van der Waals surface area contributed by atoms with E-state index in [9.17, 15) is 0 Å². The van der Waals surface area contributed by atoms with Crippen LogP contribution in [-0.2, 0) is 0 Å². The topological polar surface area (TPSA) is 0 Å². The Bertz CT molecular complexity index is 210. The van der Waals surface area contributed by atoms with E-state index in [0.717, 1.165) is 6.04 Å². The minimum absolute atomic E-state index is 0.597. The second-order valence-electron chi connectivity index (χ2n) is 7.04. The van der Waals surface area contributed by atoms with Crippen LogP contribution in [0.4, 0.5) is 0 Å². The third kappa shape index (κ3) is 3.98. The quantitative estimate of drug-likeness (QED) is 0.595. The van der Waals surface area contributed by atoms with Crippen molar-refractivity contribution in [1.29, 1.82) is 0 Å². The molecule has 1 unspecified atom stereocenters. The molecule has 0 aliphatic carbocycles. The molecule has 1 aliphatic heterocycles. The first-order valence-electron chi connectivity index (χ1n) is 7.81. The molecule has 0 N–H and O–H groups in total. The number of likely N-dealkylation sites (tertiary alicyclic amines) is 1. The Balaban J connectivity index is 2.63. The predicted molar refractivity (Wildman–Crippen MR) is 77.2 cm³/mol. The van der Waals surface area contributed by atoms with E-state index in [1.807, 2.05) is 0 Å². The van der Waals surface area contributed by atoms with Crippen LogP contribution in [0.3, 0.4) is 0 Å². The lowest BCUT2D eigenvalue weighted by atomic mass is 9.80. The number of unbranched alkanes of at least 4 members (excludes halogenated alkanes) is 1. The number of hydrogen-bond acceptors (Lipinski definition) is 0. The van der Waals surface area contributed by atoms with Gasteiger partial charge in [0.2, 0.25) is 0 Å². The lowest BCUT2D eigenvalue weighted by Crippen LogP contribution is -2.59. The SMILES string of the molecule is CCCCC(C)[N+]1(CCC)CCC(C)(C)CC1. The van der Waals surface area contributed by atoms with Crippen LogP contribution in [0.15, 0.2) is 0 Å². The monoisotopic (exact) mass is 240 g/mol. The highest BCUT2D eigenvalue weighted by Crippen LogP contribution is 2.36. The van der Waals surface area contributed by atoms with Gasteiger partial charge >= 0.3 is 0 Å². The summed E-state index contributed by atoms with van der Waals surface area (Å²) in [6, 6.07) is 0.881. The molecule has 17 heavy (non-hydrogen) atoms. The summed E-state index contributed by atoms with van der Waals surface area (Å²) < 4.78 is 1.42. The Kier molecular flexibility index (Phi) is 5.50. The minimum atomic E-state index is 0.597. The molecule has 0 amide bonds. The van der Waals surface area contributed by atoms with Gasteiger partial charge < -0.3 is 4.48 Å². The summed E-state index contributed by atoms with van der Waals surface area (Å²) in [5.74, 6) is 0. The molecule has 1 aliphatic rings. The van der Waals surface area contributed by atoms with Crippen LogP contribution in [0.2, 0.25) is 0 Å². The molecule has 0 aromatic carbocycles. The highest BCUT2D eigenvalue weighted by molar-refractivity contribution is 4.74. The molecule has 1 fully saturated rings. The Morgan fingerprint density at radius 1 is 1.06 bits per heavy atom. The minimum Gasteiger partial charge on any atom is -0.321 e. The zero-order valence-corrected chi connectivity index (χ0v) is 12.9. The van der Waals surface area contributed by atoms with Crippen molar-refractivity contribution in [2.45, 2.75) is 79.2 Å². The molecule has 0 aromatic rings. The van der Waals surface area contributed by atoms with Gasteiger partial charge in [0.15, 0.2) is 0 Å². The predicted octanol–water partition coefficient (Wildman–Crippen LogP) is 4.61. The van der Waals surface area contributed by atoms with Crippen LogP contribution >= 0.6 is 0 Å². The van der Waals surface area contributed by atoms with Crippen LogP contribution < -0.4 is 0 Å². The smallest absolute Gasteiger partial charge is 0.0861 e. The Morgan fingerprint density at radius 2 is 1.65 bits per heavy atom. The summed E-state index contributed by atoms with van der Waals surface area (Å²) in [6.45, 7) is 16.3. The molecule has 1 rings (SSSR count). The van der Waals surface area contributed by atoms with Crippen LogP contribution in [-0.4, -0.2) is 30.2 Å². The third-order valence-electron chi connectivity index (χ3n) is 5.05. The lowest BCUT2D eigenvalue weighted by molar-refractivity contribution is -0.956. The Labute approximate surface area is 109 Å². The van der Waals surface area contributed by atoms with Gasteiger partial charge in [-0.3, -0.25) is 0 Å². The Hall–Kier alpha value is -0.0400. The van der Waals surface area contributed by atoms with E-state index in [1.165, 1.54) is 62.6 Å². The Morgan fingerprint density at radius 3 is 2.12 bits per heavy atom. The zero-order valence-electron chi connectivity index (χ0n) is 12.9. The van der Waals surface area contributed by atoms with E-state index in [0.29, 0.717) is 5.41 Å². The standard InChI is InChI=1S/C16H34N/c1-6-8-9-15(3)17(12-7-2)13-10-16(4,5)11-14-17/h15H,6-14H2,1-5H3/q+1. The van der Waals surface area contributed by atoms with E-state index >= 15 is 0 Å². The zero-order chi connectivity index (χ0) is 12.9. The van der Waals surface area contributed by atoms with Crippen molar-refractivity contribution in [3.05, 3.63) is 0 Å². The van der Waals surface area contributed by atoms with E-state index in [1.54, 1.807) is 0 Å². The van der Waals surface area contributed by atoms with E-state index < -0.39 is 0 Å². The van der Waals surface area contributed by atoms with Crippen LogP contribution in [0.25, 0.3) is 0 Å². The molecular formula is C16H34N+. The number of quaternary nitrogens is 1. The summed E-state index contributed by atoms with van der Waals surface area (Å²) in [7, 11) is 0. The van der Waals surface area contributed by atoms with Gasteiger partial charge in [0.25, 0.3) is 0 Å². The maximum atomic E-state index is 2.50. The molecule has 0 bridgehead atoms. The molecule has 1 heterocycles. The summed E-state index contributed by atoms with van der Waals surface area (Å²) in [4.78, 5) is 0. The van der Waals surface area contributed by atoms with E-state index in [2.05, 4.69) is 34.6 Å².